The van der Waals surface area contributed by atoms with Gasteiger partial charge in [-0.1, -0.05) is 68.4 Å². The van der Waals surface area contributed by atoms with E-state index >= 15 is 0 Å². The van der Waals surface area contributed by atoms with Crippen molar-refractivity contribution in [2.45, 2.75) is 33.6 Å². The van der Waals surface area contributed by atoms with Crippen molar-refractivity contribution in [1.29, 1.82) is 0 Å². The van der Waals surface area contributed by atoms with Gasteiger partial charge in [0.25, 0.3) is 0 Å². The van der Waals surface area contributed by atoms with Crippen molar-refractivity contribution in [2.24, 2.45) is 0 Å². The number of ether oxygens (including phenoxy) is 1. The van der Waals surface area contributed by atoms with Crippen LogP contribution >= 0.6 is 0 Å². The van der Waals surface area contributed by atoms with Gasteiger partial charge in [-0.15, -0.1) is 0 Å². The van der Waals surface area contributed by atoms with Crippen LogP contribution in [0.1, 0.15) is 30.8 Å². The van der Waals surface area contributed by atoms with E-state index in [1.807, 2.05) is 30.5 Å². The lowest BCUT2D eigenvalue weighted by molar-refractivity contribution is 0.482. The van der Waals surface area contributed by atoms with Crippen LogP contribution in [0.15, 0.2) is 115 Å². The first-order chi connectivity index (χ1) is 20.6. The molecule has 0 atom stereocenters. The zero-order valence-corrected chi connectivity index (χ0v) is 24.1. The van der Waals surface area contributed by atoms with E-state index in [2.05, 4.69) is 115 Å². The van der Waals surface area contributed by atoms with Crippen LogP contribution in [0.3, 0.4) is 0 Å². The minimum absolute atomic E-state index is 0.764. The predicted molar refractivity (Wildman–Crippen MR) is 171 cm³/mol. The Hall–Kier alpha value is -5.16. The van der Waals surface area contributed by atoms with Gasteiger partial charge in [0.15, 0.2) is 0 Å². The Morgan fingerprint density at radius 3 is 2.29 bits per heavy atom. The minimum atomic E-state index is 0.764. The molecule has 3 aromatic heterocycles. The number of aromatic nitrogens is 4. The number of pyridine rings is 1. The maximum atomic E-state index is 6.51. The standard InChI is InChI=1S/C37H32N4O/c1-4-32-37(26-12-7-6-8-13-26)33(5-2)41(39-32)27-14-11-15-28(23-27)42-29-18-19-31-30-16-9-10-17-34(30)40(35(31)24-29)36-22-25(3)20-21-38-36/h6-24H,4-5H2,1-3H3. The van der Waals surface area contributed by atoms with Gasteiger partial charge in [-0.05, 0) is 73.4 Å². The molecule has 0 aliphatic carbocycles. The molecule has 3 heterocycles. The molecule has 7 aromatic rings. The lowest BCUT2D eigenvalue weighted by Gasteiger charge is -2.12. The topological polar surface area (TPSA) is 44.9 Å². The molecule has 0 aliphatic heterocycles. The fraction of sp³-hybridized carbons (Fsp3) is 0.135. The van der Waals surface area contributed by atoms with E-state index in [1.165, 1.54) is 33.2 Å². The molecular formula is C37H32N4O. The average Bonchev–Trinajstić information content (AvgIpc) is 3.57. The molecule has 0 saturated carbocycles. The number of hydrogen-bond acceptors (Lipinski definition) is 3. The molecule has 0 radical (unpaired) electrons. The van der Waals surface area contributed by atoms with Gasteiger partial charge in [0.05, 0.1) is 28.1 Å². The quantitative estimate of drug-likeness (QED) is 0.199. The van der Waals surface area contributed by atoms with E-state index in [-0.39, 0.29) is 0 Å². The van der Waals surface area contributed by atoms with Gasteiger partial charge >= 0.3 is 0 Å². The molecule has 0 fully saturated rings. The fourth-order valence-electron chi connectivity index (χ4n) is 5.95. The Kier molecular flexibility index (Phi) is 6.55. The van der Waals surface area contributed by atoms with Crippen molar-refractivity contribution < 1.29 is 4.74 Å². The number of aryl methyl sites for hydroxylation is 2. The van der Waals surface area contributed by atoms with Gasteiger partial charge in [-0.2, -0.15) is 5.10 Å². The first-order valence-electron chi connectivity index (χ1n) is 14.5. The molecule has 5 nitrogen and oxygen atoms in total. The Labute approximate surface area is 245 Å². The molecule has 0 amide bonds. The number of fused-ring (bicyclic) bond motifs is 3. The summed E-state index contributed by atoms with van der Waals surface area (Å²) in [5.74, 6) is 2.43. The third kappa shape index (κ3) is 4.44. The Balaban J connectivity index is 1.30. The number of benzene rings is 4. The van der Waals surface area contributed by atoms with Crippen molar-refractivity contribution in [2.75, 3.05) is 0 Å². The number of nitrogens with zero attached hydrogens (tertiary/aromatic N) is 4. The molecule has 42 heavy (non-hydrogen) atoms. The van der Waals surface area contributed by atoms with Crippen molar-refractivity contribution in [3.8, 4) is 34.1 Å². The highest BCUT2D eigenvalue weighted by molar-refractivity contribution is 6.09. The molecule has 0 aliphatic rings. The highest BCUT2D eigenvalue weighted by atomic mass is 16.5. The summed E-state index contributed by atoms with van der Waals surface area (Å²) in [5.41, 5.74) is 9.08. The molecule has 7 rings (SSSR count). The molecule has 5 heteroatoms. The maximum Gasteiger partial charge on any atom is 0.137 e. The van der Waals surface area contributed by atoms with E-state index in [0.717, 1.165) is 52.6 Å². The highest BCUT2D eigenvalue weighted by Gasteiger charge is 2.19. The lowest BCUT2D eigenvalue weighted by Crippen LogP contribution is -2.02. The van der Waals surface area contributed by atoms with Crippen LogP contribution in [0, 0.1) is 6.92 Å². The van der Waals surface area contributed by atoms with Crippen LogP contribution in [-0.2, 0) is 12.8 Å². The minimum Gasteiger partial charge on any atom is -0.457 e. The Bertz CT molecular complexity index is 2050. The average molecular weight is 549 g/mol. The van der Waals surface area contributed by atoms with Gasteiger partial charge in [0.1, 0.15) is 17.3 Å². The van der Waals surface area contributed by atoms with Crippen LogP contribution in [0.25, 0.3) is 44.4 Å². The summed E-state index contributed by atoms with van der Waals surface area (Å²) in [5, 5.41) is 7.42. The van der Waals surface area contributed by atoms with Gasteiger partial charge in [-0.25, -0.2) is 9.67 Å². The summed E-state index contributed by atoms with van der Waals surface area (Å²) in [6, 6.07) is 37.7. The second kappa shape index (κ2) is 10.7. The number of para-hydroxylation sites is 1. The molecule has 0 unspecified atom stereocenters. The summed E-state index contributed by atoms with van der Waals surface area (Å²) >= 11 is 0. The molecule has 4 aromatic carbocycles. The largest absolute Gasteiger partial charge is 0.457 e. The highest BCUT2D eigenvalue weighted by Crippen LogP contribution is 2.36. The van der Waals surface area contributed by atoms with Crippen molar-refractivity contribution in [1.82, 2.24) is 19.3 Å². The van der Waals surface area contributed by atoms with E-state index in [1.54, 1.807) is 0 Å². The number of hydrogen-bond donors (Lipinski definition) is 0. The van der Waals surface area contributed by atoms with Crippen molar-refractivity contribution in [3.05, 3.63) is 132 Å². The molecule has 0 spiro atoms. The molecule has 0 saturated heterocycles. The van der Waals surface area contributed by atoms with E-state index in [0.29, 0.717) is 0 Å². The zero-order chi connectivity index (χ0) is 28.6. The van der Waals surface area contributed by atoms with E-state index in [4.69, 9.17) is 14.8 Å². The molecular weight excluding hydrogens is 516 g/mol. The summed E-state index contributed by atoms with van der Waals surface area (Å²) in [7, 11) is 0. The SMILES string of the molecule is CCc1nn(-c2cccc(Oc3ccc4c5ccccc5n(-c5cc(C)ccn5)c4c3)c2)c(CC)c1-c1ccccc1. The van der Waals surface area contributed by atoms with Crippen molar-refractivity contribution >= 4 is 21.8 Å². The predicted octanol–water partition coefficient (Wildman–Crippen LogP) is 9.26. The van der Waals surface area contributed by atoms with Crippen molar-refractivity contribution in [3.63, 3.8) is 0 Å². The summed E-state index contributed by atoms with van der Waals surface area (Å²) in [6.07, 6.45) is 3.60. The third-order valence-electron chi connectivity index (χ3n) is 7.86. The molecule has 206 valence electrons. The zero-order valence-electron chi connectivity index (χ0n) is 24.1. The van der Waals surface area contributed by atoms with Crippen LogP contribution in [0.4, 0.5) is 0 Å². The Morgan fingerprint density at radius 2 is 1.48 bits per heavy atom. The van der Waals surface area contributed by atoms with Crippen LogP contribution in [-0.4, -0.2) is 19.3 Å². The van der Waals surface area contributed by atoms with Gasteiger partial charge < -0.3 is 4.74 Å². The summed E-state index contributed by atoms with van der Waals surface area (Å²) in [6.45, 7) is 6.45. The summed E-state index contributed by atoms with van der Waals surface area (Å²) in [4.78, 5) is 4.71. The van der Waals surface area contributed by atoms with Crippen LogP contribution < -0.4 is 4.74 Å². The van der Waals surface area contributed by atoms with Crippen LogP contribution in [0.5, 0.6) is 11.5 Å². The smallest absolute Gasteiger partial charge is 0.137 e. The second-order valence-electron chi connectivity index (χ2n) is 10.6. The molecule has 0 bridgehead atoms. The fourth-order valence-corrected chi connectivity index (χ4v) is 5.95. The Morgan fingerprint density at radius 1 is 0.690 bits per heavy atom. The lowest BCUT2D eigenvalue weighted by atomic mass is 10.0. The normalized spacial score (nSPS) is 11.4. The van der Waals surface area contributed by atoms with E-state index in [9.17, 15) is 0 Å². The number of rotatable bonds is 7. The molecule has 0 N–H and O–H groups in total. The second-order valence-corrected chi connectivity index (χ2v) is 10.6. The monoisotopic (exact) mass is 548 g/mol. The van der Waals surface area contributed by atoms with Gasteiger partial charge in [-0.3, -0.25) is 4.57 Å². The first-order valence-corrected chi connectivity index (χ1v) is 14.5. The first kappa shape index (κ1) is 25.8. The van der Waals surface area contributed by atoms with Crippen LogP contribution in [0.2, 0.25) is 0 Å². The third-order valence-corrected chi connectivity index (χ3v) is 7.86. The summed E-state index contributed by atoms with van der Waals surface area (Å²) < 4.78 is 10.8. The van der Waals surface area contributed by atoms with Gasteiger partial charge in [0.2, 0.25) is 0 Å². The van der Waals surface area contributed by atoms with Gasteiger partial charge in [0, 0.05) is 34.7 Å². The van der Waals surface area contributed by atoms with E-state index < -0.39 is 0 Å². The maximum absolute atomic E-state index is 6.51.